The van der Waals surface area contributed by atoms with Gasteiger partial charge in [0.1, 0.15) is 5.75 Å². The summed E-state index contributed by atoms with van der Waals surface area (Å²) in [6.07, 6.45) is 7.63. The summed E-state index contributed by atoms with van der Waals surface area (Å²) in [5.41, 5.74) is 1.40. The molecule has 0 spiro atoms. The summed E-state index contributed by atoms with van der Waals surface area (Å²) in [5, 5.41) is 3.77. The molecular weight excluding hydrogens is 318 g/mol. The number of hydrogen-bond donors (Lipinski definition) is 1. The van der Waals surface area contributed by atoms with Crippen LogP contribution in [-0.4, -0.2) is 12.5 Å². The molecule has 24 heavy (non-hydrogen) atoms. The zero-order valence-electron chi connectivity index (χ0n) is 14.2. The molecule has 1 fully saturated rings. The molecule has 0 aliphatic heterocycles. The van der Waals surface area contributed by atoms with E-state index in [2.05, 4.69) is 24.4 Å². The average molecular weight is 343 g/mol. The van der Waals surface area contributed by atoms with E-state index in [1.165, 1.54) is 42.5 Å². The van der Waals surface area contributed by atoms with E-state index in [-0.39, 0.29) is 12.5 Å². The van der Waals surface area contributed by atoms with E-state index >= 15 is 0 Å². The Kier molecular flexibility index (Phi) is 5.91. The molecule has 1 aliphatic rings. The molecular formula is C20H25NO2S. The molecule has 1 amide bonds. The summed E-state index contributed by atoms with van der Waals surface area (Å²) < 4.78 is 5.61. The number of carbonyl (C=O) groups excluding carboxylic acids is 1. The first-order valence-corrected chi connectivity index (χ1v) is 9.67. The normalized spacial score (nSPS) is 15.2. The maximum atomic E-state index is 12.0. The Balaban J connectivity index is 1.48. The zero-order valence-corrected chi connectivity index (χ0v) is 15.0. The van der Waals surface area contributed by atoms with Gasteiger partial charge < -0.3 is 10.1 Å². The molecule has 1 heterocycles. The van der Waals surface area contributed by atoms with E-state index in [9.17, 15) is 4.79 Å². The van der Waals surface area contributed by atoms with Crippen LogP contribution < -0.4 is 10.1 Å². The van der Waals surface area contributed by atoms with Crippen molar-refractivity contribution in [2.24, 2.45) is 0 Å². The van der Waals surface area contributed by atoms with Gasteiger partial charge in [-0.2, -0.15) is 0 Å². The van der Waals surface area contributed by atoms with E-state index in [1.54, 1.807) is 11.3 Å². The summed E-state index contributed by atoms with van der Waals surface area (Å²) in [4.78, 5) is 13.2. The molecule has 4 heteroatoms. The van der Waals surface area contributed by atoms with Gasteiger partial charge in [0.15, 0.2) is 6.61 Å². The van der Waals surface area contributed by atoms with Gasteiger partial charge in [-0.3, -0.25) is 4.79 Å². The highest BCUT2D eigenvalue weighted by Gasteiger charge is 2.15. The number of carbonyl (C=O) groups is 1. The van der Waals surface area contributed by atoms with Crippen molar-refractivity contribution < 1.29 is 9.53 Å². The Hall–Kier alpha value is -1.81. The van der Waals surface area contributed by atoms with Crippen molar-refractivity contribution in [3.8, 4) is 5.75 Å². The maximum Gasteiger partial charge on any atom is 0.262 e. The fourth-order valence-corrected chi connectivity index (χ4v) is 4.09. The Bertz CT molecular complexity index is 657. The smallest absolute Gasteiger partial charge is 0.262 e. The lowest BCUT2D eigenvalue weighted by Crippen LogP contribution is -2.19. The lowest BCUT2D eigenvalue weighted by atomic mass is 9.84. The number of nitrogens with one attached hydrogen (secondary N) is 1. The van der Waals surface area contributed by atoms with Gasteiger partial charge in [-0.1, -0.05) is 38.3 Å². The number of amides is 1. The highest BCUT2D eigenvalue weighted by atomic mass is 32.1. The van der Waals surface area contributed by atoms with Gasteiger partial charge in [-0.25, -0.2) is 0 Å². The quantitative estimate of drug-likeness (QED) is 0.765. The highest BCUT2D eigenvalue weighted by molar-refractivity contribution is 7.16. The molecule has 0 bridgehead atoms. The SMILES string of the molecule is CCc1ccc(NC(=O)COc2ccc(C3CCCCC3)cc2)s1. The molecule has 1 aromatic carbocycles. The molecule has 3 rings (SSSR count). The third kappa shape index (κ3) is 4.60. The largest absolute Gasteiger partial charge is 0.484 e. The lowest BCUT2D eigenvalue weighted by Gasteiger charge is -2.22. The van der Waals surface area contributed by atoms with Crippen LogP contribution in [0.25, 0.3) is 0 Å². The third-order valence-corrected chi connectivity index (χ3v) is 5.74. The van der Waals surface area contributed by atoms with Gasteiger partial charge in [-0.05, 0) is 55.0 Å². The van der Waals surface area contributed by atoms with Crippen molar-refractivity contribution in [1.29, 1.82) is 0 Å². The molecule has 2 aromatic rings. The second-order valence-corrected chi connectivity index (χ2v) is 7.53. The van der Waals surface area contributed by atoms with Crippen molar-refractivity contribution in [3.05, 3.63) is 46.8 Å². The Morgan fingerprint density at radius 2 is 1.88 bits per heavy atom. The van der Waals surface area contributed by atoms with Crippen molar-refractivity contribution in [1.82, 2.24) is 0 Å². The molecule has 3 nitrogen and oxygen atoms in total. The molecule has 0 unspecified atom stereocenters. The third-order valence-electron chi connectivity index (χ3n) is 4.60. The molecule has 1 saturated carbocycles. The zero-order chi connectivity index (χ0) is 16.8. The van der Waals surface area contributed by atoms with Crippen LogP contribution in [0.4, 0.5) is 5.00 Å². The van der Waals surface area contributed by atoms with Crippen molar-refractivity contribution >= 4 is 22.2 Å². The minimum absolute atomic E-state index is 0.0438. The van der Waals surface area contributed by atoms with Crippen LogP contribution in [0.1, 0.15) is 55.4 Å². The minimum atomic E-state index is -0.115. The van der Waals surface area contributed by atoms with Gasteiger partial charge in [-0.15, -0.1) is 11.3 Å². The topological polar surface area (TPSA) is 38.3 Å². The molecule has 1 N–H and O–H groups in total. The van der Waals surface area contributed by atoms with Gasteiger partial charge >= 0.3 is 0 Å². The molecule has 1 aromatic heterocycles. The van der Waals surface area contributed by atoms with Crippen LogP contribution in [0.2, 0.25) is 0 Å². The first-order chi connectivity index (χ1) is 11.7. The molecule has 1 aliphatic carbocycles. The van der Waals surface area contributed by atoms with Gasteiger partial charge in [0, 0.05) is 4.88 Å². The summed E-state index contributed by atoms with van der Waals surface area (Å²) in [6, 6.07) is 12.3. The Morgan fingerprint density at radius 1 is 1.12 bits per heavy atom. The number of ether oxygens (including phenoxy) is 1. The molecule has 0 atom stereocenters. The predicted octanol–water partition coefficient (Wildman–Crippen LogP) is 5.38. The summed E-state index contributed by atoms with van der Waals surface area (Å²) >= 11 is 1.61. The molecule has 0 saturated heterocycles. The van der Waals surface area contributed by atoms with Gasteiger partial charge in [0.05, 0.1) is 5.00 Å². The summed E-state index contributed by atoms with van der Waals surface area (Å²) in [6.45, 7) is 2.15. The Morgan fingerprint density at radius 3 is 2.54 bits per heavy atom. The van der Waals surface area contributed by atoms with E-state index in [0.717, 1.165) is 17.2 Å². The van der Waals surface area contributed by atoms with E-state index < -0.39 is 0 Å². The van der Waals surface area contributed by atoms with E-state index in [0.29, 0.717) is 5.92 Å². The summed E-state index contributed by atoms with van der Waals surface area (Å²) in [5.74, 6) is 1.34. The molecule has 0 radical (unpaired) electrons. The number of rotatable bonds is 6. The van der Waals surface area contributed by atoms with E-state index in [4.69, 9.17) is 4.74 Å². The minimum Gasteiger partial charge on any atom is -0.484 e. The van der Waals surface area contributed by atoms with Crippen LogP contribution in [-0.2, 0) is 11.2 Å². The maximum absolute atomic E-state index is 12.0. The van der Waals surface area contributed by atoms with Crippen LogP contribution >= 0.6 is 11.3 Å². The van der Waals surface area contributed by atoms with Crippen molar-refractivity contribution in [3.63, 3.8) is 0 Å². The standard InChI is InChI=1S/C20H25NO2S/c1-2-18-12-13-20(24-18)21-19(22)14-23-17-10-8-16(9-11-17)15-6-4-3-5-7-15/h8-13,15H,2-7,14H2,1H3,(H,21,22). The molecule has 128 valence electrons. The number of benzene rings is 1. The van der Waals surface area contributed by atoms with Crippen molar-refractivity contribution in [2.45, 2.75) is 51.4 Å². The second-order valence-electron chi connectivity index (χ2n) is 6.36. The number of anilines is 1. The summed E-state index contributed by atoms with van der Waals surface area (Å²) in [7, 11) is 0. The van der Waals surface area contributed by atoms with Crippen LogP contribution in [0.5, 0.6) is 5.75 Å². The van der Waals surface area contributed by atoms with Crippen LogP contribution in [0.3, 0.4) is 0 Å². The fraction of sp³-hybridized carbons (Fsp3) is 0.450. The van der Waals surface area contributed by atoms with E-state index in [1.807, 2.05) is 24.3 Å². The number of aryl methyl sites for hydroxylation is 1. The lowest BCUT2D eigenvalue weighted by molar-refractivity contribution is -0.118. The first kappa shape index (κ1) is 17.0. The van der Waals surface area contributed by atoms with Crippen molar-refractivity contribution in [2.75, 3.05) is 11.9 Å². The number of thiophene rings is 1. The first-order valence-electron chi connectivity index (χ1n) is 8.86. The number of hydrogen-bond acceptors (Lipinski definition) is 3. The predicted molar refractivity (Wildman–Crippen MR) is 100 cm³/mol. The van der Waals surface area contributed by atoms with Gasteiger partial charge in [0.2, 0.25) is 0 Å². The van der Waals surface area contributed by atoms with Crippen LogP contribution in [0, 0.1) is 0 Å². The Labute approximate surface area is 148 Å². The monoisotopic (exact) mass is 343 g/mol. The fourth-order valence-electron chi connectivity index (χ4n) is 3.23. The highest BCUT2D eigenvalue weighted by Crippen LogP contribution is 2.33. The van der Waals surface area contributed by atoms with Crippen LogP contribution in [0.15, 0.2) is 36.4 Å². The van der Waals surface area contributed by atoms with Gasteiger partial charge in [0.25, 0.3) is 5.91 Å². The average Bonchev–Trinajstić information content (AvgIpc) is 3.09. The second kappa shape index (κ2) is 8.34.